The van der Waals surface area contributed by atoms with Crippen LogP contribution in [0.4, 0.5) is 0 Å². The average Bonchev–Trinajstić information content (AvgIpc) is 3.29. The van der Waals surface area contributed by atoms with Crippen molar-refractivity contribution in [1.29, 1.82) is 0 Å². The van der Waals surface area contributed by atoms with E-state index in [4.69, 9.17) is 16.3 Å². The van der Waals surface area contributed by atoms with Gasteiger partial charge < -0.3 is 14.9 Å². The van der Waals surface area contributed by atoms with Gasteiger partial charge in [-0.15, -0.1) is 0 Å². The third-order valence-electron chi connectivity index (χ3n) is 7.03. The van der Waals surface area contributed by atoms with Crippen LogP contribution < -0.4 is 0 Å². The molecular weight excluding hydrogens is 474 g/mol. The number of hydrogen-bond donors (Lipinski definition) is 2. The number of ether oxygens (including phenoxy) is 1. The largest absolute Gasteiger partial charge is 0.478 e. The summed E-state index contributed by atoms with van der Waals surface area (Å²) >= 11 is 6.02. The zero-order valence-corrected chi connectivity index (χ0v) is 21.6. The fourth-order valence-corrected chi connectivity index (χ4v) is 5.24. The number of halogens is 1. The minimum Gasteiger partial charge on any atom is -0.478 e. The van der Waals surface area contributed by atoms with Crippen molar-refractivity contribution in [2.75, 3.05) is 19.7 Å². The van der Waals surface area contributed by atoms with E-state index in [1.54, 1.807) is 6.07 Å². The van der Waals surface area contributed by atoms with E-state index >= 15 is 0 Å². The van der Waals surface area contributed by atoms with Crippen molar-refractivity contribution in [1.82, 2.24) is 4.90 Å². The molecule has 0 unspecified atom stereocenters. The Bertz CT molecular complexity index is 1180. The molecule has 1 saturated heterocycles. The Kier molecular flexibility index (Phi) is 8.81. The van der Waals surface area contributed by atoms with Crippen LogP contribution in [0, 0.1) is 6.92 Å². The number of nitrogens with zero attached hydrogens (tertiary/aromatic N) is 1. The molecule has 3 atom stereocenters. The molecule has 36 heavy (non-hydrogen) atoms. The summed E-state index contributed by atoms with van der Waals surface area (Å²) in [5, 5.41) is 20.9. The molecule has 3 aromatic rings. The van der Waals surface area contributed by atoms with Gasteiger partial charge in [-0.2, -0.15) is 0 Å². The van der Waals surface area contributed by atoms with Gasteiger partial charge in [0.25, 0.3) is 0 Å². The summed E-state index contributed by atoms with van der Waals surface area (Å²) in [5.41, 5.74) is 5.25. The molecule has 6 heteroatoms. The van der Waals surface area contributed by atoms with Gasteiger partial charge >= 0.3 is 5.97 Å². The lowest BCUT2D eigenvalue weighted by Gasteiger charge is -2.27. The Labute approximate surface area is 218 Å². The summed E-state index contributed by atoms with van der Waals surface area (Å²) in [6, 6.07) is 21.8. The minimum absolute atomic E-state index is 0.223. The number of carbonyl (C=O) groups is 1. The molecule has 0 amide bonds. The number of aromatic carboxylic acids is 1. The Morgan fingerprint density at radius 1 is 1.14 bits per heavy atom. The van der Waals surface area contributed by atoms with Gasteiger partial charge in [-0.25, -0.2) is 4.79 Å². The van der Waals surface area contributed by atoms with Crippen molar-refractivity contribution in [3.8, 4) is 11.1 Å². The number of aliphatic hydroxyl groups is 1. The van der Waals surface area contributed by atoms with E-state index in [9.17, 15) is 15.0 Å². The number of carboxylic acids is 1. The average molecular weight is 508 g/mol. The number of aryl methyl sites for hydroxylation is 1. The van der Waals surface area contributed by atoms with Crippen molar-refractivity contribution in [3.63, 3.8) is 0 Å². The maximum atomic E-state index is 11.4. The number of likely N-dealkylation sites (tertiary alicyclic amines) is 1. The molecule has 190 valence electrons. The van der Waals surface area contributed by atoms with Gasteiger partial charge in [0.1, 0.15) is 0 Å². The van der Waals surface area contributed by atoms with E-state index in [2.05, 4.69) is 17.0 Å². The maximum absolute atomic E-state index is 11.4. The van der Waals surface area contributed by atoms with Crippen LogP contribution in [-0.4, -0.2) is 52.9 Å². The summed E-state index contributed by atoms with van der Waals surface area (Å²) in [5.74, 6) is -0.925. The molecule has 5 nitrogen and oxygen atoms in total. The van der Waals surface area contributed by atoms with Crippen molar-refractivity contribution in [2.24, 2.45) is 0 Å². The van der Waals surface area contributed by atoms with Crippen LogP contribution in [0.5, 0.6) is 0 Å². The van der Waals surface area contributed by atoms with Crippen LogP contribution >= 0.6 is 11.6 Å². The molecule has 4 rings (SSSR count). The molecule has 1 aliphatic heterocycles. The van der Waals surface area contributed by atoms with Gasteiger partial charge in [-0.1, -0.05) is 60.1 Å². The van der Waals surface area contributed by atoms with Gasteiger partial charge in [-0.3, -0.25) is 4.90 Å². The lowest BCUT2D eigenvalue weighted by molar-refractivity contribution is -0.0169. The predicted octanol–water partition coefficient (Wildman–Crippen LogP) is 6.16. The van der Waals surface area contributed by atoms with Crippen molar-refractivity contribution in [3.05, 3.63) is 94.0 Å². The Hall–Kier alpha value is -2.70. The highest BCUT2D eigenvalue weighted by Crippen LogP contribution is 2.31. The lowest BCUT2D eigenvalue weighted by atomic mass is 9.94. The van der Waals surface area contributed by atoms with E-state index in [1.165, 1.54) is 5.56 Å². The smallest absolute Gasteiger partial charge is 0.335 e. The second-order valence-corrected chi connectivity index (χ2v) is 10.1. The first kappa shape index (κ1) is 26.4. The first-order valence-electron chi connectivity index (χ1n) is 12.5. The molecule has 1 aliphatic rings. The normalized spacial score (nSPS) is 17.7. The third-order valence-corrected chi connectivity index (χ3v) is 7.29. The third kappa shape index (κ3) is 6.54. The first-order valence-corrected chi connectivity index (χ1v) is 12.9. The summed E-state index contributed by atoms with van der Waals surface area (Å²) in [4.78, 5) is 13.8. The van der Waals surface area contributed by atoms with Crippen LogP contribution in [-0.2, 0) is 11.2 Å². The second-order valence-electron chi connectivity index (χ2n) is 9.67. The van der Waals surface area contributed by atoms with Gasteiger partial charge in [-0.05, 0) is 85.7 Å². The number of carboxylic acid groups (broad SMARTS) is 1. The summed E-state index contributed by atoms with van der Waals surface area (Å²) < 4.78 is 6.14. The maximum Gasteiger partial charge on any atom is 0.335 e. The fraction of sp³-hybridized carbons (Fsp3) is 0.367. The number of hydrogen-bond acceptors (Lipinski definition) is 4. The van der Waals surface area contributed by atoms with E-state index in [0.717, 1.165) is 53.1 Å². The van der Waals surface area contributed by atoms with Gasteiger partial charge in [0.05, 0.1) is 24.4 Å². The zero-order valence-electron chi connectivity index (χ0n) is 20.9. The molecule has 0 aromatic heterocycles. The molecule has 0 radical (unpaired) electrons. The SMILES string of the molecule is Cc1cc(-c2ccccc2[C@@H](C)OC[C@H](O)CN2CCC[C@H]2Cc2ccc(Cl)cc2)ccc1C(=O)O. The van der Waals surface area contributed by atoms with Crippen LogP contribution in [0.2, 0.25) is 5.02 Å². The molecule has 0 saturated carbocycles. The van der Waals surface area contributed by atoms with E-state index in [1.807, 2.05) is 62.4 Å². The standard InChI is InChI=1S/C30H34ClNO4/c1-20-16-23(11-14-27(20)30(34)35)29-8-4-3-7-28(29)21(2)36-19-26(33)18-32-15-5-6-25(32)17-22-9-12-24(31)13-10-22/h3-4,7-14,16,21,25-26,33H,5-6,15,17-19H2,1-2H3,(H,34,35)/t21-,25+,26-/m1/s1. The molecular formula is C30H34ClNO4. The fourth-order valence-electron chi connectivity index (χ4n) is 5.11. The number of aliphatic hydroxyl groups excluding tert-OH is 1. The highest BCUT2D eigenvalue weighted by molar-refractivity contribution is 6.30. The van der Waals surface area contributed by atoms with Crippen molar-refractivity contribution < 1.29 is 19.7 Å². The minimum atomic E-state index is -0.925. The molecule has 2 N–H and O–H groups in total. The van der Waals surface area contributed by atoms with Crippen molar-refractivity contribution in [2.45, 2.75) is 51.4 Å². The zero-order chi connectivity index (χ0) is 25.7. The van der Waals surface area contributed by atoms with Gasteiger partial charge in [0, 0.05) is 17.6 Å². The monoisotopic (exact) mass is 507 g/mol. The highest BCUT2D eigenvalue weighted by atomic mass is 35.5. The Morgan fingerprint density at radius 2 is 1.89 bits per heavy atom. The number of rotatable bonds is 10. The first-order chi connectivity index (χ1) is 17.3. The van der Waals surface area contributed by atoms with Crippen LogP contribution in [0.1, 0.15) is 52.9 Å². The van der Waals surface area contributed by atoms with E-state index in [-0.39, 0.29) is 12.7 Å². The summed E-state index contributed by atoms with van der Waals surface area (Å²) in [6.45, 7) is 5.62. The van der Waals surface area contributed by atoms with Gasteiger partial charge in [0.15, 0.2) is 0 Å². The van der Waals surface area contributed by atoms with Crippen LogP contribution in [0.3, 0.4) is 0 Å². The summed E-state index contributed by atoms with van der Waals surface area (Å²) in [7, 11) is 0. The lowest BCUT2D eigenvalue weighted by Crippen LogP contribution is -2.39. The second kappa shape index (κ2) is 12.0. The van der Waals surface area contributed by atoms with Gasteiger partial charge in [0.2, 0.25) is 0 Å². The molecule has 3 aromatic carbocycles. The Morgan fingerprint density at radius 3 is 2.61 bits per heavy atom. The molecule has 1 fully saturated rings. The Balaban J connectivity index is 1.36. The molecule has 1 heterocycles. The highest BCUT2D eigenvalue weighted by Gasteiger charge is 2.27. The predicted molar refractivity (Wildman–Crippen MR) is 144 cm³/mol. The molecule has 0 bridgehead atoms. The van der Waals surface area contributed by atoms with E-state index in [0.29, 0.717) is 18.2 Å². The quantitative estimate of drug-likeness (QED) is 0.344. The van der Waals surface area contributed by atoms with E-state index < -0.39 is 12.1 Å². The number of benzene rings is 3. The van der Waals surface area contributed by atoms with Crippen LogP contribution in [0.15, 0.2) is 66.7 Å². The number of β-amino-alcohol motifs (C(OH)–C–C–N with tert-alkyl or cyclic N) is 1. The topological polar surface area (TPSA) is 70.0 Å². The summed E-state index contributed by atoms with van der Waals surface area (Å²) in [6.07, 6.45) is 2.41. The molecule has 0 spiro atoms. The van der Waals surface area contributed by atoms with Crippen LogP contribution in [0.25, 0.3) is 11.1 Å². The van der Waals surface area contributed by atoms with Crippen molar-refractivity contribution >= 4 is 17.6 Å². The molecule has 0 aliphatic carbocycles.